The topological polar surface area (TPSA) is 79.5 Å². The molecule has 0 aromatic carbocycles. The van der Waals surface area contributed by atoms with Crippen LogP contribution in [0.1, 0.15) is 42.3 Å². The summed E-state index contributed by atoms with van der Waals surface area (Å²) in [6.45, 7) is 2.37. The molecule has 0 bridgehead atoms. The summed E-state index contributed by atoms with van der Waals surface area (Å²) in [5, 5.41) is 11.1. The van der Waals surface area contributed by atoms with Crippen molar-refractivity contribution in [1.82, 2.24) is 5.32 Å². The molecule has 0 aliphatic heterocycles. The van der Waals surface area contributed by atoms with Crippen LogP contribution < -0.4 is 5.32 Å². The molecular formula is C12H17NO4. The number of amides is 1. The Bertz CT molecular complexity index is 384. The van der Waals surface area contributed by atoms with Crippen LogP contribution in [-0.2, 0) is 11.2 Å². The molecule has 17 heavy (non-hydrogen) atoms. The zero-order valence-corrected chi connectivity index (χ0v) is 9.86. The molecule has 1 aromatic rings. The van der Waals surface area contributed by atoms with E-state index < -0.39 is 5.97 Å². The van der Waals surface area contributed by atoms with Crippen molar-refractivity contribution in [3.05, 3.63) is 23.7 Å². The highest BCUT2D eigenvalue weighted by atomic mass is 16.4. The van der Waals surface area contributed by atoms with Gasteiger partial charge in [-0.25, -0.2) is 0 Å². The van der Waals surface area contributed by atoms with Gasteiger partial charge in [-0.05, 0) is 18.9 Å². The summed E-state index contributed by atoms with van der Waals surface area (Å²) >= 11 is 0. The van der Waals surface area contributed by atoms with E-state index in [4.69, 9.17) is 9.52 Å². The maximum absolute atomic E-state index is 11.7. The highest BCUT2D eigenvalue weighted by Gasteiger charge is 2.13. The maximum Gasteiger partial charge on any atom is 0.303 e. The molecule has 1 rings (SSSR count). The van der Waals surface area contributed by atoms with E-state index in [1.165, 1.54) is 6.26 Å². The van der Waals surface area contributed by atoms with Crippen molar-refractivity contribution < 1.29 is 19.1 Å². The standard InChI is InChI=1S/C12H17NO4/c1-2-4-10-9(6-8-17-10)12(16)13-7-3-5-11(14)15/h6,8H,2-5,7H2,1H3,(H,13,16)(H,14,15). The lowest BCUT2D eigenvalue weighted by molar-refractivity contribution is -0.137. The van der Waals surface area contributed by atoms with Crippen molar-refractivity contribution in [2.75, 3.05) is 6.54 Å². The predicted octanol–water partition coefficient (Wildman–Crippen LogP) is 1.83. The molecule has 5 nitrogen and oxygen atoms in total. The number of rotatable bonds is 7. The average molecular weight is 239 g/mol. The van der Waals surface area contributed by atoms with Gasteiger partial charge in [-0.15, -0.1) is 0 Å². The van der Waals surface area contributed by atoms with Crippen LogP contribution in [0.3, 0.4) is 0 Å². The number of carboxylic acid groups (broad SMARTS) is 1. The van der Waals surface area contributed by atoms with Crippen LogP contribution in [0, 0.1) is 0 Å². The van der Waals surface area contributed by atoms with E-state index >= 15 is 0 Å². The second-order valence-electron chi connectivity index (χ2n) is 3.76. The summed E-state index contributed by atoms with van der Waals surface area (Å²) in [6, 6.07) is 1.64. The predicted molar refractivity (Wildman–Crippen MR) is 61.9 cm³/mol. The first-order valence-electron chi connectivity index (χ1n) is 5.71. The number of hydrogen-bond acceptors (Lipinski definition) is 3. The molecule has 0 aliphatic carbocycles. The van der Waals surface area contributed by atoms with Crippen LogP contribution in [0.4, 0.5) is 0 Å². The van der Waals surface area contributed by atoms with Gasteiger partial charge in [0.25, 0.3) is 5.91 Å². The first kappa shape index (κ1) is 13.3. The molecule has 5 heteroatoms. The lowest BCUT2D eigenvalue weighted by Gasteiger charge is -2.03. The number of nitrogens with one attached hydrogen (secondary N) is 1. The van der Waals surface area contributed by atoms with Crippen LogP contribution in [0.5, 0.6) is 0 Å². The van der Waals surface area contributed by atoms with E-state index in [2.05, 4.69) is 5.32 Å². The molecular weight excluding hydrogens is 222 g/mol. The van der Waals surface area contributed by atoms with Gasteiger partial charge in [0.15, 0.2) is 0 Å². The zero-order chi connectivity index (χ0) is 12.7. The highest BCUT2D eigenvalue weighted by molar-refractivity contribution is 5.95. The van der Waals surface area contributed by atoms with E-state index in [1.54, 1.807) is 6.07 Å². The van der Waals surface area contributed by atoms with Gasteiger partial charge in [-0.3, -0.25) is 9.59 Å². The second-order valence-corrected chi connectivity index (χ2v) is 3.76. The Balaban J connectivity index is 2.41. The Kier molecular flexibility index (Phi) is 5.26. The lowest BCUT2D eigenvalue weighted by Crippen LogP contribution is -2.25. The number of carbonyl (C=O) groups is 2. The summed E-state index contributed by atoms with van der Waals surface area (Å²) in [7, 11) is 0. The number of furan rings is 1. The number of aryl methyl sites for hydroxylation is 1. The highest BCUT2D eigenvalue weighted by Crippen LogP contribution is 2.12. The fourth-order valence-corrected chi connectivity index (χ4v) is 1.50. The minimum absolute atomic E-state index is 0.0630. The smallest absolute Gasteiger partial charge is 0.303 e. The number of aliphatic carboxylic acids is 1. The van der Waals surface area contributed by atoms with Gasteiger partial charge in [0.2, 0.25) is 0 Å². The van der Waals surface area contributed by atoms with Gasteiger partial charge < -0.3 is 14.8 Å². The molecule has 94 valence electrons. The molecule has 0 fully saturated rings. The van der Waals surface area contributed by atoms with Gasteiger partial charge in [0.1, 0.15) is 5.76 Å². The zero-order valence-electron chi connectivity index (χ0n) is 9.86. The van der Waals surface area contributed by atoms with E-state index in [1.807, 2.05) is 6.92 Å². The summed E-state index contributed by atoms with van der Waals surface area (Å²) in [5.41, 5.74) is 0.544. The van der Waals surface area contributed by atoms with Crippen molar-refractivity contribution in [2.45, 2.75) is 32.6 Å². The third-order valence-corrected chi connectivity index (χ3v) is 2.32. The molecule has 0 unspecified atom stereocenters. The van der Waals surface area contributed by atoms with Gasteiger partial charge in [0.05, 0.1) is 11.8 Å². The first-order chi connectivity index (χ1) is 8.15. The molecule has 1 aromatic heterocycles. The summed E-state index contributed by atoms with van der Waals surface area (Å²) in [6.07, 6.45) is 3.63. The monoisotopic (exact) mass is 239 g/mol. The van der Waals surface area contributed by atoms with E-state index in [0.29, 0.717) is 24.3 Å². The molecule has 0 saturated heterocycles. The van der Waals surface area contributed by atoms with Crippen molar-refractivity contribution >= 4 is 11.9 Å². The quantitative estimate of drug-likeness (QED) is 0.711. The Labute approximate surface area is 99.8 Å². The third kappa shape index (κ3) is 4.30. The molecule has 0 atom stereocenters. The number of carbonyl (C=O) groups excluding carboxylic acids is 1. The van der Waals surface area contributed by atoms with Crippen LogP contribution in [0.15, 0.2) is 16.7 Å². The minimum Gasteiger partial charge on any atom is -0.481 e. The Hall–Kier alpha value is -1.78. The molecule has 0 spiro atoms. The lowest BCUT2D eigenvalue weighted by atomic mass is 10.1. The number of carboxylic acids is 1. The van der Waals surface area contributed by atoms with E-state index in [0.717, 1.165) is 12.8 Å². The fraction of sp³-hybridized carbons (Fsp3) is 0.500. The van der Waals surface area contributed by atoms with Crippen molar-refractivity contribution in [1.29, 1.82) is 0 Å². The van der Waals surface area contributed by atoms with Gasteiger partial charge in [-0.2, -0.15) is 0 Å². The molecule has 2 N–H and O–H groups in total. The van der Waals surface area contributed by atoms with E-state index in [9.17, 15) is 9.59 Å². The molecule has 0 aliphatic rings. The summed E-state index contributed by atoms with van der Waals surface area (Å²) < 4.78 is 5.22. The minimum atomic E-state index is -0.853. The van der Waals surface area contributed by atoms with E-state index in [-0.39, 0.29) is 12.3 Å². The average Bonchev–Trinajstić information content (AvgIpc) is 2.72. The Morgan fingerprint density at radius 1 is 1.47 bits per heavy atom. The maximum atomic E-state index is 11.7. The van der Waals surface area contributed by atoms with Crippen LogP contribution in [-0.4, -0.2) is 23.5 Å². The normalized spacial score (nSPS) is 10.2. The Morgan fingerprint density at radius 3 is 2.88 bits per heavy atom. The van der Waals surface area contributed by atoms with Gasteiger partial charge in [-0.1, -0.05) is 6.92 Å². The molecule has 1 amide bonds. The second kappa shape index (κ2) is 6.73. The van der Waals surface area contributed by atoms with Crippen LogP contribution in [0.25, 0.3) is 0 Å². The third-order valence-electron chi connectivity index (χ3n) is 2.32. The largest absolute Gasteiger partial charge is 0.481 e. The molecule has 0 radical (unpaired) electrons. The fourth-order valence-electron chi connectivity index (χ4n) is 1.50. The molecule has 0 saturated carbocycles. The van der Waals surface area contributed by atoms with Crippen LogP contribution in [0.2, 0.25) is 0 Å². The van der Waals surface area contributed by atoms with Gasteiger partial charge in [0, 0.05) is 19.4 Å². The first-order valence-corrected chi connectivity index (χ1v) is 5.71. The molecule has 1 heterocycles. The van der Waals surface area contributed by atoms with Crippen LogP contribution >= 0.6 is 0 Å². The summed E-state index contributed by atoms with van der Waals surface area (Å²) in [5.74, 6) is -0.370. The van der Waals surface area contributed by atoms with Crippen molar-refractivity contribution in [3.8, 4) is 0 Å². The SMILES string of the molecule is CCCc1occc1C(=O)NCCCC(=O)O. The number of hydrogen-bond donors (Lipinski definition) is 2. The Morgan fingerprint density at radius 2 is 2.24 bits per heavy atom. The van der Waals surface area contributed by atoms with Crippen molar-refractivity contribution in [2.24, 2.45) is 0 Å². The van der Waals surface area contributed by atoms with Gasteiger partial charge >= 0.3 is 5.97 Å². The van der Waals surface area contributed by atoms with Crippen molar-refractivity contribution in [3.63, 3.8) is 0 Å². The summed E-state index contributed by atoms with van der Waals surface area (Å²) in [4.78, 5) is 22.0.